The highest BCUT2D eigenvalue weighted by Gasteiger charge is 2.21. The molecule has 11 rings (SSSR count). The molecule has 0 aliphatic rings. The van der Waals surface area contributed by atoms with E-state index in [-0.39, 0.29) is 0 Å². The number of furan rings is 1. The van der Waals surface area contributed by atoms with Crippen molar-refractivity contribution in [1.82, 2.24) is 9.97 Å². The van der Waals surface area contributed by atoms with Crippen LogP contribution < -0.4 is 0 Å². The Bertz CT molecular complexity index is 3450. The molecule has 4 aromatic heterocycles. The summed E-state index contributed by atoms with van der Waals surface area (Å²) in [5.74, 6) is 1.73. The molecule has 0 bridgehead atoms. The molecule has 0 N–H and O–H groups in total. The smallest absolute Gasteiger partial charge is 0.164 e. The summed E-state index contributed by atoms with van der Waals surface area (Å²) in [6.45, 7) is 4.33. The van der Waals surface area contributed by atoms with Crippen LogP contribution in [-0.4, -0.2) is 28.4 Å². The standard InChI is InChI=1S/C50H31N5OS2/c1-51-49(38-25-13-22-34-33-20-8-10-27-40(33)57-46(34)38)55-48(31-17-6-3-7-18-31)52-29-32-19-12-26-39-42(32)36-23-14-24-37(45(36)56-39)50-53-43(30-15-4-2-5-16-30)47-44(54-50)35-21-9-11-28-41(35)58-47/h2-28H,1,29H2. The molecule has 11 aromatic rings. The Hall–Kier alpha value is -7.13. The number of para-hydroxylation sites is 1. The Kier molecular flexibility index (Phi) is 8.31. The maximum Gasteiger partial charge on any atom is 0.164 e. The summed E-state index contributed by atoms with van der Waals surface area (Å²) in [5.41, 5.74) is 8.09. The van der Waals surface area contributed by atoms with Gasteiger partial charge in [0.25, 0.3) is 0 Å². The van der Waals surface area contributed by atoms with Gasteiger partial charge in [0.2, 0.25) is 0 Å². The molecule has 0 aliphatic heterocycles. The molecule has 6 nitrogen and oxygen atoms in total. The van der Waals surface area contributed by atoms with Crippen LogP contribution in [0.15, 0.2) is 183 Å². The van der Waals surface area contributed by atoms with E-state index in [0.29, 0.717) is 24.0 Å². The molecule has 7 aromatic carbocycles. The first-order valence-corrected chi connectivity index (χ1v) is 20.6. The molecule has 0 unspecified atom stereocenters. The number of aromatic nitrogens is 2. The van der Waals surface area contributed by atoms with E-state index in [1.807, 2.05) is 48.5 Å². The van der Waals surface area contributed by atoms with Crippen LogP contribution in [0.25, 0.3) is 85.1 Å². The van der Waals surface area contributed by atoms with E-state index in [2.05, 4.69) is 127 Å². The number of rotatable bonds is 6. The van der Waals surface area contributed by atoms with Crippen molar-refractivity contribution in [3.8, 4) is 22.6 Å². The van der Waals surface area contributed by atoms with Crippen molar-refractivity contribution in [2.24, 2.45) is 15.0 Å². The Morgan fingerprint density at radius 1 is 0.586 bits per heavy atom. The van der Waals surface area contributed by atoms with Crippen molar-refractivity contribution in [3.05, 3.63) is 180 Å². The van der Waals surface area contributed by atoms with E-state index in [0.717, 1.165) is 75.8 Å². The van der Waals surface area contributed by atoms with Crippen molar-refractivity contribution in [1.29, 1.82) is 0 Å². The highest BCUT2D eigenvalue weighted by atomic mass is 32.1. The lowest BCUT2D eigenvalue weighted by Crippen LogP contribution is -2.05. The second-order valence-electron chi connectivity index (χ2n) is 14.0. The van der Waals surface area contributed by atoms with Crippen LogP contribution in [0.2, 0.25) is 0 Å². The van der Waals surface area contributed by atoms with Crippen molar-refractivity contribution in [2.75, 3.05) is 0 Å². The summed E-state index contributed by atoms with van der Waals surface area (Å²) >= 11 is 3.47. The first-order valence-electron chi connectivity index (χ1n) is 19.0. The van der Waals surface area contributed by atoms with Gasteiger partial charge in [-0.3, -0.25) is 4.99 Å². The SMILES string of the molecule is C=NC(=NC(=NCc1cccc2oc3c(-c4nc(-c5ccccc5)c5sc6ccccc6c5n4)cccc3c12)c1ccccc1)c1cccc2c1sc1ccccc12. The van der Waals surface area contributed by atoms with Gasteiger partial charge < -0.3 is 4.42 Å². The number of hydrogen-bond donors (Lipinski definition) is 0. The molecular formula is C50H31N5OS2. The van der Waals surface area contributed by atoms with Crippen molar-refractivity contribution < 1.29 is 4.42 Å². The predicted octanol–water partition coefficient (Wildman–Crippen LogP) is 13.5. The lowest BCUT2D eigenvalue weighted by molar-refractivity contribution is 0.669. The molecule has 58 heavy (non-hydrogen) atoms. The monoisotopic (exact) mass is 781 g/mol. The highest BCUT2D eigenvalue weighted by molar-refractivity contribution is 7.26. The summed E-state index contributed by atoms with van der Waals surface area (Å²) in [5, 5.41) is 5.50. The highest BCUT2D eigenvalue weighted by Crippen LogP contribution is 2.42. The zero-order valence-electron chi connectivity index (χ0n) is 31.0. The van der Waals surface area contributed by atoms with E-state index in [4.69, 9.17) is 24.4 Å². The van der Waals surface area contributed by atoms with Gasteiger partial charge in [0, 0.05) is 57.7 Å². The van der Waals surface area contributed by atoms with Gasteiger partial charge in [-0.25, -0.2) is 20.0 Å². The van der Waals surface area contributed by atoms with E-state index in [9.17, 15) is 0 Å². The fourth-order valence-electron chi connectivity index (χ4n) is 7.87. The largest absolute Gasteiger partial charge is 0.455 e. The second-order valence-corrected chi connectivity index (χ2v) is 16.1. The van der Waals surface area contributed by atoms with Crippen LogP contribution in [0.1, 0.15) is 16.7 Å². The molecule has 274 valence electrons. The van der Waals surface area contributed by atoms with Crippen LogP contribution >= 0.6 is 22.7 Å². The molecule has 0 radical (unpaired) electrons. The maximum atomic E-state index is 6.73. The average Bonchev–Trinajstić information content (AvgIpc) is 3.99. The summed E-state index contributed by atoms with van der Waals surface area (Å²) in [6, 6.07) is 55.9. The van der Waals surface area contributed by atoms with Crippen LogP contribution in [-0.2, 0) is 6.54 Å². The fourth-order valence-corrected chi connectivity index (χ4v) is 10.2. The molecule has 0 amide bonds. The van der Waals surface area contributed by atoms with E-state index >= 15 is 0 Å². The molecular weight excluding hydrogens is 751 g/mol. The van der Waals surface area contributed by atoms with Crippen molar-refractivity contribution in [3.63, 3.8) is 0 Å². The number of aliphatic imine (C=N–C) groups is 3. The minimum atomic E-state index is 0.364. The quantitative estimate of drug-likeness (QED) is 0.124. The molecule has 0 fully saturated rings. The lowest BCUT2D eigenvalue weighted by Gasteiger charge is -2.08. The Morgan fingerprint density at radius 2 is 1.26 bits per heavy atom. The van der Waals surface area contributed by atoms with Gasteiger partial charge in [-0.1, -0.05) is 133 Å². The summed E-state index contributed by atoms with van der Waals surface area (Å²) < 4.78 is 11.3. The number of fused-ring (bicyclic) bond motifs is 9. The van der Waals surface area contributed by atoms with Crippen molar-refractivity contribution >= 4 is 103 Å². The zero-order valence-corrected chi connectivity index (χ0v) is 32.6. The third-order valence-corrected chi connectivity index (χ3v) is 12.9. The summed E-state index contributed by atoms with van der Waals surface area (Å²) in [6.07, 6.45) is 0. The topological polar surface area (TPSA) is 76.0 Å². The van der Waals surface area contributed by atoms with E-state index < -0.39 is 0 Å². The van der Waals surface area contributed by atoms with Gasteiger partial charge >= 0.3 is 0 Å². The molecule has 0 spiro atoms. The fraction of sp³-hybridized carbons (Fsp3) is 0.0200. The summed E-state index contributed by atoms with van der Waals surface area (Å²) in [4.78, 5) is 25.3. The zero-order chi connectivity index (χ0) is 38.6. The van der Waals surface area contributed by atoms with Gasteiger partial charge in [-0.05, 0) is 42.6 Å². The van der Waals surface area contributed by atoms with Crippen LogP contribution in [0.4, 0.5) is 0 Å². The lowest BCUT2D eigenvalue weighted by atomic mass is 10.0. The van der Waals surface area contributed by atoms with Crippen LogP contribution in [0.3, 0.4) is 0 Å². The molecule has 0 saturated carbocycles. The maximum absolute atomic E-state index is 6.73. The number of thiophene rings is 2. The first kappa shape index (κ1) is 34.1. The predicted molar refractivity (Wildman–Crippen MR) is 245 cm³/mol. The average molecular weight is 782 g/mol. The normalized spacial score (nSPS) is 12.5. The van der Waals surface area contributed by atoms with E-state index in [1.165, 1.54) is 20.2 Å². The minimum absolute atomic E-state index is 0.364. The van der Waals surface area contributed by atoms with Crippen molar-refractivity contribution in [2.45, 2.75) is 6.54 Å². The Labute approximate surface area is 340 Å². The van der Waals surface area contributed by atoms with Gasteiger partial charge in [0.1, 0.15) is 11.2 Å². The van der Waals surface area contributed by atoms with Gasteiger partial charge in [-0.15, -0.1) is 22.7 Å². The molecule has 4 heterocycles. The third kappa shape index (κ3) is 5.72. The Balaban J connectivity index is 1.05. The van der Waals surface area contributed by atoms with E-state index in [1.54, 1.807) is 22.7 Å². The van der Waals surface area contributed by atoms with Gasteiger partial charge in [0.05, 0.1) is 28.0 Å². The summed E-state index contributed by atoms with van der Waals surface area (Å²) in [7, 11) is 0. The van der Waals surface area contributed by atoms with Crippen LogP contribution in [0, 0.1) is 0 Å². The molecule has 8 heteroatoms. The number of benzene rings is 7. The molecule has 0 atom stereocenters. The second kappa shape index (κ2) is 14.1. The van der Waals surface area contributed by atoms with Crippen LogP contribution in [0.5, 0.6) is 0 Å². The molecule has 0 saturated heterocycles. The third-order valence-electron chi connectivity index (χ3n) is 10.6. The number of nitrogens with zero attached hydrogens (tertiary/aromatic N) is 5. The Morgan fingerprint density at radius 3 is 2.09 bits per heavy atom. The van der Waals surface area contributed by atoms with Gasteiger partial charge in [-0.2, -0.15) is 0 Å². The number of hydrogen-bond acceptors (Lipinski definition) is 6. The minimum Gasteiger partial charge on any atom is -0.455 e. The van der Waals surface area contributed by atoms with Gasteiger partial charge in [0.15, 0.2) is 17.5 Å². The molecule has 0 aliphatic carbocycles. The number of amidine groups is 2. The first-order chi connectivity index (χ1) is 28.7.